The van der Waals surface area contributed by atoms with Crippen molar-refractivity contribution >= 4 is 11.8 Å². The van der Waals surface area contributed by atoms with Crippen LogP contribution in [0.4, 0.5) is 8.78 Å². The van der Waals surface area contributed by atoms with Gasteiger partial charge in [0, 0.05) is 12.3 Å². The molecule has 2 aromatic rings. The first-order valence-corrected chi connectivity index (χ1v) is 7.54. The van der Waals surface area contributed by atoms with Crippen LogP contribution >= 0.6 is 11.8 Å². The van der Waals surface area contributed by atoms with Gasteiger partial charge in [-0.2, -0.15) is 0 Å². The molecule has 0 amide bonds. The third-order valence-corrected chi connectivity index (χ3v) is 4.02. The lowest BCUT2D eigenvalue weighted by Crippen LogP contribution is -2.12. The van der Waals surface area contributed by atoms with Gasteiger partial charge in [-0.1, -0.05) is 37.3 Å². The summed E-state index contributed by atoms with van der Waals surface area (Å²) in [6.45, 7) is 3.21. The Balaban J connectivity index is 2.08. The number of hydrogen-bond acceptors (Lipinski definition) is 2. The van der Waals surface area contributed by atoms with Crippen molar-refractivity contribution in [3.8, 4) is 0 Å². The maximum atomic E-state index is 14.0. The van der Waals surface area contributed by atoms with Crippen LogP contribution in [-0.2, 0) is 12.3 Å². The van der Waals surface area contributed by atoms with E-state index in [1.54, 1.807) is 0 Å². The summed E-state index contributed by atoms with van der Waals surface area (Å²) < 4.78 is 27.9. The van der Waals surface area contributed by atoms with E-state index in [2.05, 4.69) is 5.32 Å². The second-order valence-corrected chi connectivity index (χ2v) is 5.43. The average Bonchev–Trinajstić information content (AvgIpc) is 2.45. The molecule has 0 atom stereocenters. The van der Waals surface area contributed by atoms with Crippen LogP contribution in [0.2, 0.25) is 0 Å². The van der Waals surface area contributed by atoms with Crippen LogP contribution in [0.1, 0.15) is 18.1 Å². The molecule has 1 N–H and O–H groups in total. The van der Waals surface area contributed by atoms with Crippen LogP contribution in [0.5, 0.6) is 0 Å². The van der Waals surface area contributed by atoms with Crippen molar-refractivity contribution in [1.82, 2.24) is 5.32 Å². The third kappa shape index (κ3) is 4.05. The molecular formula is C16H17F2NS. The minimum Gasteiger partial charge on any atom is -0.313 e. The van der Waals surface area contributed by atoms with Gasteiger partial charge in [0.2, 0.25) is 0 Å². The average molecular weight is 293 g/mol. The van der Waals surface area contributed by atoms with Crippen molar-refractivity contribution in [3.05, 3.63) is 65.2 Å². The Kier molecular flexibility index (Phi) is 5.56. The Morgan fingerprint density at radius 3 is 2.25 bits per heavy atom. The summed E-state index contributed by atoms with van der Waals surface area (Å²) in [5.41, 5.74) is 1.68. The third-order valence-electron chi connectivity index (χ3n) is 2.86. The Morgan fingerprint density at radius 1 is 1.00 bits per heavy atom. The first kappa shape index (κ1) is 15.0. The fourth-order valence-corrected chi connectivity index (χ4v) is 2.75. The first-order valence-electron chi connectivity index (χ1n) is 6.56. The summed E-state index contributed by atoms with van der Waals surface area (Å²) in [6.07, 6.45) is 0. The predicted molar refractivity (Wildman–Crippen MR) is 79.7 cm³/mol. The van der Waals surface area contributed by atoms with Gasteiger partial charge < -0.3 is 5.32 Å². The molecule has 0 aliphatic carbocycles. The molecule has 4 heteroatoms. The van der Waals surface area contributed by atoms with Crippen LogP contribution in [-0.4, -0.2) is 6.54 Å². The number of nitrogens with one attached hydrogen (secondary N) is 1. The lowest BCUT2D eigenvalue weighted by molar-refractivity contribution is 0.535. The topological polar surface area (TPSA) is 12.0 Å². The van der Waals surface area contributed by atoms with Gasteiger partial charge in [-0.05, 0) is 29.8 Å². The predicted octanol–water partition coefficient (Wildman–Crippen LogP) is 4.37. The molecule has 0 saturated carbocycles. The molecule has 2 rings (SSSR count). The van der Waals surface area contributed by atoms with Gasteiger partial charge in [0.25, 0.3) is 0 Å². The Hall–Kier alpha value is -1.39. The highest BCUT2D eigenvalue weighted by atomic mass is 32.2. The van der Waals surface area contributed by atoms with Crippen LogP contribution in [0, 0.1) is 11.6 Å². The minimum absolute atomic E-state index is 0.0918. The fourth-order valence-electron chi connectivity index (χ4n) is 1.85. The normalized spacial score (nSPS) is 10.8. The van der Waals surface area contributed by atoms with E-state index >= 15 is 0 Å². The monoisotopic (exact) mass is 293 g/mol. The van der Waals surface area contributed by atoms with Crippen LogP contribution in [0.3, 0.4) is 0 Å². The van der Waals surface area contributed by atoms with E-state index in [1.165, 1.54) is 23.9 Å². The van der Waals surface area contributed by atoms with Gasteiger partial charge >= 0.3 is 0 Å². The molecule has 0 aliphatic rings. The van der Waals surface area contributed by atoms with E-state index in [0.29, 0.717) is 17.9 Å². The van der Waals surface area contributed by atoms with Crippen molar-refractivity contribution in [2.75, 3.05) is 6.54 Å². The highest BCUT2D eigenvalue weighted by molar-refractivity contribution is 7.98. The Morgan fingerprint density at radius 2 is 1.65 bits per heavy atom. The highest BCUT2D eigenvalue weighted by Gasteiger charge is 2.11. The van der Waals surface area contributed by atoms with Crippen LogP contribution < -0.4 is 5.32 Å². The van der Waals surface area contributed by atoms with Gasteiger partial charge in [0.1, 0.15) is 11.6 Å². The smallest absolute Gasteiger partial charge is 0.140 e. The number of thioether (sulfide) groups is 1. The first-order chi connectivity index (χ1) is 9.70. The lowest BCUT2D eigenvalue weighted by Gasteiger charge is -2.08. The highest BCUT2D eigenvalue weighted by Crippen LogP contribution is 2.29. The zero-order valence-corrected chi connectivity index (χ0v) is 12.1. The number of benzene rings is 2. The molecule has 0 saturated heterocycles. The quantitative estimate of drug-likeness (QED) is 0.794. The van der Waals surface area contributed by atoms with E-state index in [1.807, 2.05) is 37.3 Å². The van der Waals surface area contributed by atoms with Crippen molar-refractivity contribution in [2.24, 2.45) is 0 Å². The molecular weight excluding hydrogens is 276 g/mol. The molecule has 0 aliphatic heterocycles. The van der Waals surface area contributed by atoms with E-state index in [9.17, 15) is 8.78 Å². The maximum absolute atomic E-state index is 14.0. The number of rotatable bonds is 6. The molecule has 2 aromatic carbocycles. The van der Waals surface area contributed by atoms with Crippen molar-refractivity contribution in [3.63, 3.8) is 0 Å². The molecule has 0 fully saturated rings. The summed E-state index contributed by atoms with van der Waals surface area (Å²) in [5, 5.41) is 3.06. The molecule has 0 heterocycles. The van der Waals surface area contributed by atoms with Gasteiger partial charge in [-0.15, -0.1) is 11.8 Å². The second kappa shape index (κ2) is 7.41. The van der Waals surface area contributed by atoms with Crippen LogP contribution in [0.25, 0.3) is 0 Å². The molecule has 0 aromatic heterocycles. The summed E-state index contributed by atoms with van der Waals surface area (Å²) in [6, 6.07) is 12.5. The second-order valence-electron chi connectivity index (χ2n) is 4.44. The van der Waals surface area contributed by atoms with E-state index in [4.69, 9.17) is 0 Å². The summed E-state index contributed by atoms with van der Waals surface area (Å²) >= 11 is 1.19. The summed E-state index contributed by atoms with van der Waals surface area (Å²) in [5.74, 6) is -0.418. The fraction of sp³-hybridized carbons (Fsp3) is 0.250. The summed E-state index contributed by atoms with van der Waals surface area (Å²) in [7, 11) is 0. The molecule has 106 valence electrons. The van der Waals surface area contributed by atoms with Crippen molar-refractivity contribution in [2.45, 2.75) is 24.1 Å². The standard InChI is InChI=1S/C16H17F2NS/c1-2-19-10-13-8-14(17)16(15(18)9-13)20-11-12-6-4-3-5-7-12/h3-9,19H,2,10-11H2,1H3. The molecule has 0 unspecified atom stereocenters. The van der Waals surface area contributed by atoms with Gasteiger partial charge in [-0.25, -0.2) is 8.78 Å². The van der Waals surface area contributed by atoms with E-state index in [-0.39, 0.29) is 4.90 Å². The Bertz CT molecular complexity index is 535. The molecule has 0 radical (unpaired) electrons. The molecule has 1 nitrogen and oxygen atoms in total. The maximum Gasteiger partial charge on any atom is 0.140 e. The van der Waals surface area contributed by atoms with E-state index < -0.39 is 11.6 Å². The zero-order chi connectivity index (χ0) is 14.4. The van der Waals surface area contributed by atoms with E-state index in [0.717, 1.165) is 12.1 Å². The Labute approximate surface area is 122 Å². The largest absolute Gasteiger partial charge is 0.313 e. The SMILES string of the molecule is CCNCc1cc(F)c(SCc2ccccc2)c(F)c1. The van der Waals surface area contributed by atoms with Crippen molar-refractivity contribution < 1.29 is 8.78 Å². The molecule has 0 spiro atoms. The van der Waals surface area contributed by atoms with Gasteiger partial charge in [0.05, 0.1) is 4.90 Å². The molecule has 0 bridgehead atoms. The van der Waals surface area contributed by atoms with Crippen LogP contribution in [0.15, 0.2) is 47.4 Å². The molecule has 20 heavy (non-hydrogen) atoms. The van der Waals surface area contributed by atoms with Crippen molar-refractivity contribution in [1.29, 1.82) is 0 Å². The number of hydrogen-bond donors (Lipinski definition) is 1. The number of halogens is 2. The minimum atomic E-state index is -0.487. The summed E-state index contributed by atoms with van der Waals surface area (Å²) in [4.78, 5) is 0.0918. The van der Waals surface area contributed by atoms with Gasteiger partial charge in [-0.3, -0.25) is 0 Å². The van der Waals surface area contributed by atoms with Gasteiger partial charge in [0.15, 0.2) is 0 Å². The zero-order valence-electron chi connectivity index (χ0n) is 11.3. The lowest BCUT2D eigenvalue weighted by atomic mass is 10.2.